The Hall–Kier alpha value is -1.68. The Morgan fingerprint density at radius 3 is 2.79 bits per heavy atom. The van der Waals surface area contributed by atoms with Gasteiger partial charge < -0.3 is 9.84 Å². The summed E-state index contributed by atoms with van der Waals surface area (Å²) in [4.78, 5) is 4.85. The summed E-state index contributed by atoms with van der Waals surface area (Å²) in [6.07, 6.45) is 7.06. The lowest BCUT2D eigenvalue weighted by Gasteiger charge is -2.34. The van der Waals surface area contributed by atoms with Crippen LogP contribution in [0.4, 0.5) is 0 Å². The number of aromatic nitrogens is 2. The maximum atomic E-state index is 5.83. The van der Waals surface area contributed by atoms with Gasteiger partial charge in [0, 0.05) is 12.5 Å². The molecule has 4 unspecified atom stereocenters. The highest BCUT2D eigenvalue weighted by molar-refractivity contribution is 5.25. The number of hydrogen-bond donors (Lipinski definition) is 1. The van der Waals surface area contributed by atoms with Gasteiger partial charge in [0.2, 0.25) is 5.89 Å². The average molecular weight is 325 g/mol. The summed E-state index contributed by atoms with van der Waals surface area (Å²) in [6.45, 7) is 2.15. The second-order valence-electron chi connectivity index (χ2n) is 7.81. The van der Waals surface area contributed by atoms with Crippen LogP contribution in [0, 0.1) is 11.8 Å². The van der Waals surface area contributed by atoms with Gasteiger partial charge in [0.1, 0.15) is 0 Å². The molecule has 0 radical (unpaired) electrons. The van der Waals surface area contributed by atoms with Crippen molar-refractivity contribution in [2.24, 2.45) is 11.8 Å². The van der Waals surface area contributed by atoms with E-state index in [1.54, 1.807) is 0 Å². The first-order chi connectivity index (χ1) is 11.7. The molecule has 2 aliphatic carbocycles. The molecular weight excluding hydrogens is 298 g/mol. The second kappa shape index (κ2) is 6.32. The van der Waals surface area contributed by atoms with Crippen molar-refractivity contribution >= 4 is 0 Å². The third kappa shape index (κ3) is 2.77. The van der Waals surface area contributed by atoms with Gasteiger partial charge in [-0.15, -0.1) is 0 Å². The highest BCUT2D eigenvalue weighted by Gasteiger charge is 2.55. The van der Waals surface area contributed by atoms with Crippen molar-refractivity contribution < 1.29 is 4.52 Å². The maximum absolute atomic E-state index is 5.83. The van der Waals surface area contributed by atoms with Crippen LogP contribution >= 0.6 is 0 Å². The normalized spacial score (nSPS) is 29.9. The van der Waals surface area contributed by atoms with Crippen molar-refractivity contribution in [2.45, 2.75) is 56.9 Å². The van der Waals surface area contributed by atoms with Crippen LogP contribution < -0.4 is 5.32 Å². The first-order valence-corrected chi connectivity index (χ1v) is 9.24. The van der Waals surface area contributed by atoms with Crippen LogP contribution in [0.15, 0.2) is 34.9 Å². The molecular formula is C20H27N3O. The highest BCUT2D eigenvalue weighted by Crippen LogP contribution is 2.57. The Balaban J connectivity index is 1.64. The first kappa shape index (κ1) is 15.8. The van der Waals surface area contributed by atoms with E-state index in [1.807, 2.05) is 7.05 Å². The van der Waals surface area contributed by atoms with Crippen LogP contribution in [-0.4, -0.2) is 23.2 Å². The van der Waals surface area contributed by atoms with Gasteiger partial charge in [-0.3, -0.25) is 0 Å². The van der Waals surface area contributed by atoms with Gasteiger partial charge in [-0.1, -0.05) is 41.9 Å². The molecule has 1 aromatic carbocycles. The third-order valence-corrected chi connectivity index (χ3v) is 6.21. The molecule has 0 spiro atoms. The number of benzene rings is 1. The lowest BCUT2D eigenvalue weighted by Crippen LogP contribution is -2.35. The van der Waals surface area contributed by atoms with Gasteiger partial charge in [-0.2, -0.15) is 4.98 Å². The van der Waals surface area contributed by atoms with E-state index < -0.39 is 0 Å². The van der Waals surface area contributed by atoms with Gasteiger partial charge in [0.15, 0.2) is 5.82 Å². The molecule has 2 aliphatic rings. The van der Waals surface area contributed by atoms with Gasteiger partial charge in [-0.05, 0) is 57.1 Å². The second-order valence-corrected chi connectivity index (χ2v) is 7.81. The van der Waals surface area contributed by atoms with E-state index in [-0.39, 0.29) is 5.41 Å². The Morgan fingerprint density at radius 2 is 2.12 bits per heavy atom. The van der Waals surface area contributed by atoms with Crippen LogP contribution in [0.2, 0.25) is 0 Å². The summed E-state index contributed by atoms with van der Waals surface area (Å²) in [5.41, 5.74) is 1.44. The molecule has 0 saturated heterocycles. The van der Waals surface area contributed by atoms with E-state index in [9.17, 15) is 0 Å². The highest BCUT2D eigenvalue weighted by atomic mass is 16.5. The monoisotopic (exact) mass is 325 g/mol. The Morgan fingerprint density at radius 1 is 1.29 bits per heavy atom. The molecule has 0 aliphatic heterocycles. The van der Waals surface area contributed by atoms with E-state index in [4.69, 9.17) is 9.51 Å². The zero-order valence-corrected chi connectivity index (χ0v) is 14.7. The van der Waals surface area contributed by atoms with Crippen LogP contribution in [0.25, 0.3) is 0 Å². The maximum Gasteiger partial charge on any atom is 0.233 e. The summed E-state index contributed by atoms with van der Waals surface area (Å²) < 4.78 is 5.83. The fourth-order valence-corrected chi connectivity index (χ4v) is 4.87. The summed E-state index contributed by atoms with van der Waals surface area (Å²) in [5, 5.41) is 7.54. The molecule has 2 aromatic rings. The van der Waals surface area contributed by atoms with Gasteiger partial charge in [0.05, 0.1) is 5.41 Å². The quantitative estimate of drug-likeness (QED) is 0.883. The van der Waals surface area contributed by atoms with Crippen molar-refractivity contribution in [3.05, 3.63) is 47.6 Å². The van der Waals surface area contributed by atoms with Crippen molar-refractivity contribution in [1.82, 2.24) is 15.5 Å². The molecule has 4 atom stereocenters. The summed E-state index contributed by atoms with van der Waals surface area (Å²) in [5.74, 6) is 3.25. The molecule has 4 rings (SSSR count). The molecule has 1 N–H and O–H groups in total. The minimum Gasteiger partial charge on any atom is -0.339 e. The molecule has 2 fully saturated rings. The van der Waals surface area contributed by atoms with Crippen molar-refractivity contribution in [3.8, 4) is 0 Å². The predicted octanol–water partition coefficient (Wildman–Crippen LogP) is 3.52. The zero-order chi connectivity index (χ0) is 16.6. The number of rotatable bonds is 6. The number of nitrogens with zero attached hydrogens (tertiary/aromatic N) is 2. The van der Waals surface area contributed by atoms with E-state index in [1.165, 1.54) is 31.2 Å². The van der Waals surface area contributed by atoms with E-state index >= 15 is 0 Å². The number of nitrogens with one attached hydrogen (secondary N) is 1. The van der Waals surface area contributed by atoms with Crippen molar-refractivity contribution in [1.29, 1.82) is 0 Å². The lowest BCUT2D eigenvalue weighted by atomic mass is 9.69. The topological polar surface area (TPSA) is 51.0 Å². The molecule has 4 nitrogen and oxygen atoms in total. The Labute approximate surface area is 144 Å². The van der Waals surface area contributed by atoms with Crippen molar-refractivity contribution in [2.75, 3.05) is 7.05 Å². The molecule has 1 aromatic heterocycles. The third-order valence-electron chi connectivity index (χ3n) is 6.21. The molecule has 128 valence electrons. The largest absolute Gasteiger partial charge is 0.339 e. The van der Waals surface area contributed by atoms with Gasteiger partial charge in [0.25, 0.3) is 0 Å². The standard InChI is InChI=1S/C20H27N3O/c1-14(21-2)10-18-22-19(24-23-18)20(12-15-6-4-3-5-7-15)13-16-8-9-17(20)11-16/h3-7,14,16-17,21H,8-13H2,1-2H3. The molecule has 2 saturated carbocycles. The zero-order valence-electron chi connectivity index (χ0n) is 14.7. The average Bonchev–Trinajstić information content (AvgIpc) is 3.31. The summed E-state index contributed by atoms with van der Waals surface area (Å²) in [6, 6.07) is 11.2. The lowest BCUT2D eigenvalue weighted by molar-refractivity contribution is 0.193. The number of hydrogen-bond acceptors (Lipinski definition) is 4. The SMILES string of the molecule is CNC(C)Cc1noc(C2(Cc3ccccc3)CC3CCC2C3)n1. The Bertz CT molecular complexity index is 683. The minimum absolute atomic E-state index is 0.0540. The van der Waals surface area contributed by atoms with Gasteiger partial charge in [-0.25, -0.2) is 0 Å². The number of fused-ring (bicyclic) bond motifs is 2. The van der Waals surface area contributed by atoms with Crippen LogP contribution in [0.1, 0.15) is 49.9 Å². The molecule has 4 heteroatoms. The molecule has 2 bridgehead atoms. The first-order valence-electron chi connectivity index (χ1n) is 9.24. The molecule has 1 heterocycles. The fourth-order valence-electron chi connectivity index (χ4n) is 4.87. The van der Waals surface area contributed by atoms with Gasteiger partial charge >= 0.3 is 0 Å². The minimum atomic E-state index is 0.0540. The molecule has 0 amide bonds. The van der Waals surface area contributed by atoms with Crippen molar-refractivity contribution in [3.63, 3.8) is 0 Å². The number of likely N-dealkylation sites (N-methyl/N-ethyl adjacent to an activating group) is 1. The smallest absolute Gasteiger partial charge is 0.233 e. The van der Waals surface area contributed by atoms with Crippen LogP contribution in [-0.2, 0) is 18.3 Å². The van der Waals surface area contributed by atoms with Crippen LogP contribution in [0.5, 0.6) is 0 Å². The van der Waals surface area contributed by atoms with E-state index in [2.05, 4.69) is 47.7 Å². The van der Waals surface area contributed by atoms with E-state index in [0.29, 0.717) is 12.0 Å². The Kier molecular flexibility index (Phi) is 4.17. The fraction of sp³-hybridized carbons (Fsp3) is 0.600. The predicted molar refractivity (Wildman–Crippen MR) is 93.8 cm³/mol. The summed E-state index contributed by atoms with van der Waals surface area (Å²) >= 11 is 0. The van der Waals surface area contributed by atoms with E-state index in [0.717, 1.165) is 30.5 Å². The molecule has 24 heavy (non-hydrogen) atoms. The van der Waals surface area contributed by atoms with Crippen LogP contribution in [0.3, 0.4) is 0 Å². The summed E-state index contributed by atoms with van der Waals surface area (Å²) in [7, 11) is 1.97.